The molecule has 2 rings (SSSR count). The lowest BCUT2D eigenvalue weighted by Crippen LogP contribution is -2.29. The zero-order valence-corrected chi connectivity index (χ0v) is 12.0. The maximum Gasteiger partial charge on any atom is 0.253 e. The van der Waals surface area contributed by atoms with Crippen LogP contribution >= 0.6 is 0 Å². The molecule has 0 saturated heterocycles. The third-order valence-electron chi connectivity index (χ3n) is 3.41. The number of nitrogens with one attached hydrogen (secondary N) is 2. The molecule has 1 aromatic rings. The molecule has 0 atom stereocenters. The number of rotatable bonds is 4. The lowest BCUT2D eigenvalue weighted by Gasteiger charge is -2.22. The number of amides is 1. The standard InChI is InChI=1S/C15H23N3O/c1-11(2)6-9-18(3)15(19)12-4-5-13-14(10-12)17-8-7-16-13/h4-5,10-11,16-17H,6-9H2,1-3H3. The molecule has 0 unspecified atom stereocenters. The number of nitrogens with zero attached hydrogens (tertiary/aromatic N) is 1. The predicted molar refractivity (Wildman–Crippen MR) is 79.8 cm³/mol. The Bertz CT molecular complexity index is 457. The van der Waals surface area contributed by atoms with Gasteiger partial charge in [-0.05, 0) is 30.5 Å². The van der Waals surface area contributed by atoms with Gasteiger partial charge >= 0.3 is 0 Å². The Labute approximate surface area is 115 Å². The molecule has 19 heavy (non-hydrogen) atoms. The number of benzene rings is 1. The molecule has 4 heteroatoms. The molecule has 0 saturated carbocycles. The molecule has 0 radical (unpaired) electrons. The number of anilines is 2. The van der Waals surface area contributed by atoms with Crippen molar-refractivity contribution in [3.8, 4) is 0 Å². The van der Waals surface area contributed by atoms with E-state index in [9.17, 15) is 4.79 Å². The highest BCUT2D eigenvalue weighted by molar-refractivity contribution is 5.96. The van der Waals surface area contributed by atoms with Crippen molar-refractivity contribution in [2.75, 3.05) is 37.3 Å². The van der Waals surface area contributed by atoms with E-state index in [1.54, 1.807) is 4.90 Å². The van der Waals surface area contributed by atoms with E-state index in [1.165, 1.54) is 0 Å². The molecule has 104 valence electrons. The van der Waals surface area contributed by atoms with Crippen molar-refractivity contribution >= 4 is 17.3 Å². The van der Waals surface area contributed by atoms with Crippen LogP contribution in [0.3, 0.4) is 0 Å². The van der Waals surface area contributed by atoms with Crippen molar-refractivity contribution in [2.24, 2.45) is 5.92 Å². The molecule has 1 aliphatic heterocycles. The van der Waals surface area contributed by atoms with Crippen LogP contribution in [0.5, 0.6) is 0 Å². The van der Waals surface area contributed by atoms with Gasteiger partial charge in [0.05, 0.1) is 11.4 Å². The predicted octanol–water partition coefficient (Wildman–Crippen LogP) is 2.64. The first-order chi connectivity index (χ1) is 9.08. The van der Waals surface area contributed by atoms with E-state index >= 15 is 0 Å². The lowest BCUT2D eigenvalue weighted by molar-refractivity contribution is 0.0789. The number of carbonyl (C=O) groups is 1. The monoisotopic (exact) mass is 261 g/mol. The first-order valence-corrected chi connectivity index (χ1v) is 6.95. The van der Waals surface area contributed by atoms with Crippen molar-refractivity contribution in [3.63, 3.8) is 0 Å². The molecule has 0 fully saturated rings. The summed E-state index contributed by atoms with van der Waals surface area (Å²) in [6.07, 6.45) is 1.03. The second-order valence-corrected chi connectivity index (χ2v) is 5.52. The van der Waals surface area contributed by atoms with Gasteiger partial charge in [0.2, 0.25) is 0 Å². The molecule has 1 heterocycles. The van der Waals surface area contributed by atoms with E-state index in [2.05, 4.69) is 24.5 Å². The fraction of sp³-hybridized carbons (Fsp3) is 0.533. The minimum absolute atomic E-state index is 0.0934. The second kappa shape index (κ2) is 5.95. The smallest absolute Gasteiger partial charge is 0.253 e. The molecule has 1 amide bonds. The van der Waals surface area contributed by atoms with Crippen LogP contribution in [-0.4, -0.2) is 37.5 Å². The molecule has 1 aliphatic rings. The van der Waals surface area contributed by atoms with Gasteiger partial charge in [0, 0.05) is 32.2 Å². The second-order valence-electron chi connectivity index (χ2n) is 5.52. The Kier molecular flexibility index (Phi) is 4.30. The quantitative estimate of drug-likeness (QED) is 0.875. The van der Waals surface area contributed by atoms with E-state index in [0.717, 1.165) is 43.0 Å². The van der Waals surface area contributed by atoms with E-state index < -0.39 is 0 Å². The summed E-state index contributed by atoms with van der Waals surface area (Å²) in [6.45, 7) is 6.97. The van der Waals surface area contributed by atoms with Crippen LogP contribution in [0.15, 0.2) is 18.2 Å². The van der Waals surface area contributed by atoms with Gasteiger partial charge in [0.25, 0.3) is 5.91 Å². The molecule has 0 spiro atoms. The van der Waals surface area contributed by atoms with Crippen LogP contribution < -0.4 is 10.6 Å². The minimum atomic E-state index is 0.0934. The van der Waals surface area contributed by atoms with Crippen LogP contribution in [0.2, 0.25) is 0 Å². The molecule has 0 bridgehead atoms. The molecular weight excluding hydrogens is 238 g/mol. The maximum atomic E-state index is 12.3. The fourth-order valence-electron chi connectivity index (χ4n) is 2.15. The number of fused-ring (bicyclic) bond motifs is 1. The molecule has 4 nitrogen and oxygen atoms in total. The Hall–Kier alpha value is -1.71. The average Bonchev–Trinajstić information content (AvgIpc) is 2.43. The van der Waals surface area contributed by atoms with Crippen LogP contribution in [0, 0.1) is 5.92 Å². The third kappa shape index (κ3) is 3.40. The van der Waals surface area contributed by atoms with Crippen LogP contribution in [-0.2, 0) is 0 Å². The van der Waals surface area contributed by atoms with Gasteiger partial charge < -0.3 is 15.5 Å². The highest BCUT2D eigenvalue weighted by Crippen LogP contribution is 2.25. The Balaban J connectivity index is 2.06. The van der Waals surface area contributed by atoms with Gasteiger partial charge in [-0.25, -0.2) is 0 Å². The average molecular weight is 261 g/mol. The number of carbonyl (C=O) groups excluding carboxylic acids is 1. The molecule has 1 aromatic carbocycles. The minimum Gasteiger partial charge on any atom is -0.382 e. The van der Waals surface area contributed by atoms with E-state index in [0.29, 0.717) is 5.92 Å². The largest absolute Gasteiger partial charge is 0.382 e. The Morgan fingerprint density at radius 3 is 2.63 bits per heavy atom. The SMILES string of the molecule is CC(C)CCN(C)C(=O)c1ccc2c(c1)NCCN2. The fourth-order valence-corrected chi connectivity index (χ4v) is 2.15. The highest BCUT2D eigenvalue weighted by atomic mass is 16.2. The van der Waals surface area contributed by atoms with Gasteiger partial charge in [-0.15, -0.1) is 0 Å². The van der Waals surface area contributed by atoms with Crippen molar-refractivity contribution in [3.05, 3.63) is 23.8 Å². The number of hydrogen-bond acceptors (Lipinski definition) is 3. The molecule has 0 aromatic heterocycles. The summed E-state index contributed by atoms with van der Waals surface area (Å²) in [5.41, 5.74) is 2.85. The van der Waals surface area contributed by atoms with E-state index in [-0.39, 0.29) is 5.91 Å². The van der Waals surface area contributed by atoms with Crippen LogP contribution in [0.25, 0.3) is 0 Å². The van der Waals surface area contributed by atoms with Gasteiger partial charge in [-0.2, -0.15) is 0 Å². The topological polar surface area (TPSA) is 44.4 Å². The van der Waals surface area contributed by atoms with Gasteiger partial charge in [0.15, 0.2) is 0 Å². The van der Waals surface area contributed by atoms with Crippen molar-refractivity contribution in [2.45, 2.75) is 20.3 Å². The van der Waals surface area contributed by atoms with Crippen molar-refractivity contribution < 1.29 is 4.79 Å². The molecule has 0 aliphatic carbocycles. The van der Waals surface area contributed by atoms with E-state index in [1.807, 2.05) is 25.2 Å². The van der Waals surface area contributed by atoms with E-state index in [4.69, 9.17) is 0 Å². The zero-order chi connectivity index (χ0) is 13.8. The summed E-state index contributed by atoms with van der Waals surface area (Å²) in [5, 5.41) is 6.62. The maximum absolute atomic E-state index is 12.3. The van der Waals surface area contributed by atoms with Gasteiger partial charge in [-0.3, -0.25) is 4.79 Å². The normalized spacial score (nSPS) is 13.5. The Morgan fingerprint density at radius 1 is 1.26 bits per heavy atom. The third-order valence-corrected chi connectivity index (χ3v) is 3.41. The molecular formula is C15H23N3O. The van der Waals surface area contributed by atoms with Gasteiger partial charge in [-0.1, -0.05) is 13.8 Å². The summed E-state index contributed by atoms with van der Waals surface area (Å²) >= 11 is 0. The Morgan fingerprint density at radius 2 is 1.95 bits per heavy atom. The lowest BCUT2D eigenvalue weighted by atomic mass is 10.1. The summed E-state index contributed by atoms with van der Waals surface area (Å²) < 4.78 is 0. The van der Waals surface area contributed by atoms with Crippen molar-refractivity contribution in [1.82, 2.24) is 4.90 Å². The summed E-state index contributed by atoms with van der Waals surface area (Å²) in [5.74, 6) is 0.709. The first kappa shape index (κ1) is 13.7. The van der Waals surface area contributed by atoms with Crippen LogP contribution in [0.1, 0.15) is 30.6 Å². The number of hydrogen-bond donors (Lipinski definition) is 2. The summed E-state index contributed by atoms with van der Waals surface area (Å²) in [7, 11) is 1.87. The highest BCUT2D eigenvalue weighted by Gasteiger charge is 2.15. The van der Waals surface area contributed by atoms with Crippen LogP contribution in [0.4, 0.5) is 11.4 Å². The molecule has 2 N–H and O–H groups in total. The zero-order valence-electron chi connectivity index (χ0n) is 12.0. The van der Waals surface area contributed by atoms with Crippen molar-refractivity contribution in [1.29, 1.82) is 0 Å². The van der Waals surface area contributed by atoms with Gasteiger partial charge in [0.1, 0.15) is 0 Å². The summed E-state index contributed by atoms with van der Waals surface area (Å²) in [6, 6.07) is 5.81. The first-order valence-electron chi connectivity index (χ1n) is 6.95. The summed E-state index contributed by atoms with van der Waals surface area (Å²) in [4.78, 5) is 14.1.